The van der Waals surface area contributed by atoms with Crippen LogP contribution in [0.4, 0.5) is 26.3 Å². The summed E-state index contributed by atoms with van der Waals surface area (Å²) in [7, 11) is 1.72. The van der Waals surface area contributed by atoms with Crippen molar-refractivity contribution in [3.8, 4) is 16.9 Å². The van der Waals surface area contributed by atoms with Gasteiger partial charge in [0.05, 0.1) is 7.11 Å². The van der Waals surface area contributed by atoms with Crippen LogP contribution in [0.25, 0.3) is 11.1 Å². The van der Waals surface area contributed by atoms with Crippen molar-refractivity contribution in [2.75, 3.05) is 20.2 Å². The van der Waals surface area contributed by atoms with E-state index in [1.54, 1.807) is 18.2 Å². The van der Waals surface area contributed by atoms with Gasteiger partial charge in [-0.25, -0.2) is 9.59 Å². The van der Waals surface area contributed by atoms with Crippen LogP contribution in [0.15, 0.2) is 67.0 Å². The number of rotatable bonds is 4. The number of ether oxygens (including phenoxy) is 1. The summed E-state index contributed by atoms with van der Waals surface area (Å²) in [5, 5.41) is 14.2. The molecular formula is C30H30F6N2O5. The molecule has 3 aromatic rings. The Labute approximate surface area is 243 Å². The second kappa shape index (κ2) is 13.9. The molecule has 0 bridgehead atoms. The number of piperidine rings is 1. The summed E-state index contributed by atoms with van der Waals surface area (Å²) in [5.41, 5.74) is 7.43. The highest BCUT2D eigenvalue weighted by atomic mass is 19.4. The second-order valence-electron chi connectivity index (χ2n) is 10.1. The normalized spacial score (nSPS) is 15.8. The Kier molecular flexibility index (Phi) is 10.8. The van der Waals surface area contributed by atoms with Crippen LogP contribution in [-0.4, -0.2) is 64.6 Å². The predicted octanol–water partition coefficient (Wildman–Crippen LogP) is 6.50. The van der Waals surface area contributed by atoms with E-state index in [0.29, 0.717) is 5.41 Å². The SMILES string of the molecule is COc1ccc(CN2CCC3(CCc4cc(-c5cccnc5)ccc43)CC2)cc1.O=C(O)C(F)(F)F.O=C(O)C(F)(F)F. The fraction of sp³-hybridized carbons (Fsp3) is 0.367. The predicted molar refractivity (Wildman–Crippen MR) is 145 cm³/mol. The topological polar surface area (TPSA) is 100.0 Å². The molecule has 7 nitrogen and oxygen atoms in total. The Morgan fingerprint density at radius 2 is 1.47 bits per heavy atom. The summed E-state index contributed by atoms with van der Waals surface area (Å²) in [6.07, 6.45) is -1.32. The zero-order chi connectivity index (χ0) is 31.8. The molecule has 1 spiro atoms. The molecule has 43 heavy (non-hydrogen) atoms. The zero-order valence-corrected chi connectivity index (χ0v) is 23.1. The van der Waals surface area contributed by atoms with Crippen LogP contribution in [0.5, 0.6) is 5.75 Å². The summed E-state index contributed by atoms with van der Waals surface area (Å²) >= 11 is 0. The average molecular weight is 613 g/mol. The van der Waals surface area contributed by atoms with Crippen molar-refractivity contribution in [3.05, 3.63) is 83.7 Å². The monoisotopic (exact) mass is 612 g/mol. The molecule has 0 saturated carbocycles. The first-order valence-corrected chi connectivity index (χ1v) is 13.1. The number of aliphatic carboxylic acids is 2. The summed E-state index contributed by atoms with van der Waals surface area (Å²) in [6, 6.07) is 19.8. The van der Waals surface area contributed by atoms with Gasteiger partial charge in [0.1, 0.15) is 5.75 Å². The van der Waals surface area contributed by atoms with E-state index in [0.717, 1.165) is 12.3 Å². The van der Waals surface area contributed by atoms with Crippen molar-refractivity contribution in [2.45, 2.75) is 50.0 Å². The lowest BCUT2D eigenvalue weighted by atomic mass is 9.73. The van der Waals surface area contributed by atoms with E-state index in [4.69, 9.17) is 24.5 Å². The number of aromatic nitrogens is 1. The number of pyridine rings is 1. The third kappa shape index (κ3) is 9.18. The maximum absolute atomic E-state index is 10.6. The molecule has 5 rings (SSSR count). The first-order chi connectivity index (χ1) is 20.1. The molecule has 2 aromatic carbocycles. The van der Waals surface area contributed by atoms with E-state index >= 15 is 0 Å². The van der Waals surface area contributed by atoms with E-state index in [1.807, 2.05) is 18.5 Å². The summed E-state index contributed by atoms with van der Waals surface area (Å²) in [6.45, 7) is 3.39. The molecule has 1 aromatic heterocycles. The van der Waals surface area contributed by atoms with E-state index < -0.39 is 24.3 Å². The van der Waals surface area contributed by atoms with E-state index in [1.165, 1.54) is 55.5 Å². The number of fused-ring (bicyclic) bond motifs is 2. The van der Waals surface area contributed by atoms with Gasteiger partial charge in [-0.2, -0.15) is 26.3 Å². The number of carboxylic acids is 2. The second-order valence-corrected chi connectivity index (χ2v) is 10.1. The molecule has 2 heterocycles. The first kappa shape index (κ1) is 33.4. The Bertz CT molecular complexity index is 1350. The van der Waals surface area contributed by atoms with Gasteiger partial charge in [-0.1, -0.05) is 36.4 Å². The summed E-state index contributed by atoms with van der Waals surface area (Å²) in [4.78, 5) is 24.7. The van der Waals surface area contributed by atoms with Gasteiger partial charge in [-0.05, 0) is 90.2 Å². The lowest BCUT2D eigenvalue weighted by Gasteiger charge is -2.40. The third-order valence-electron chi connectivity index (χ3n) is 7.41. The molecule has 0 amide bonds. The number of halogens is 6. The van der Waals surface area contributed by atoms with Gasteiger partial charge >= 0.3 is 24.3 Å². The number of carboxylic acid groups (broad SMARTS) is 2. The van der Waals surface area contributed by atoms with Gasteiger partial charge in [0.15, 0.2) is 0 Å². The van der Waals surface area contributed by atoms with Crippen LogP contribution in [0.2, 0.25) is 0 Å². The number of methoxy groups -OCH3 is 1. The number of benzene rings is 2. The maximum Gasteiger partial charge on any atom is 0.490 e. The van der Waals surface area contributed by atoms with Gasteiger partial charge < -0.3 is 14.9 Å². The van der Waals surface area contributed by atoms with E-state index in [9.17, 15) is 26.3 Å². The van der Waals surface area contributed by atoms with E-state index in [2.05, 4.69) is 58.4 Å². The Morgan fingerprint density at radius 3 is 1.95 bits per heavy atom. The first-order valence-electron chi connectivity index (χ1n) is 13.1. The molecule has 0 atom stereocenters. The molecule has 1 saturated heterocycles. The van der Waals surface area contributed by atoms with Crippen molar-refractivity contribution in [2.24, 2.45) is 0 Å². The number of hydrogen-bond acceptors (Lipinski definition) is 5. The van der Waals surface area contributed by atoms with Gasteiger partial charge in [-0.15, -0.1) is 0 Å². The lowest BCUT2D eigenvalue weighted by molar-refractivity contribution is -0.193. The number of hydrogen-bond donors (Lipinski definition) is 2. The van der Waals surface area contributed by atoms with Gasteiger partial charge in [0, 0.05) is 18.9 Å². The standard InChI is InChI=1S/C26H28N2O.2C2HF3O2/c1-29-24-7-4-20(5-8-24)19-28-15-12-26(13-16-28)11-10-22-17-21(6-9-25(22)26)23-3-2-14-27-18-23;2*3-2(4,5)1(6)7/h2-9,14,17-18H,10-13,15-16,19H2,1H3;2*(H,6,7). The molecular weight excluding hydrogens is 582 g/mol. The average Bonchev–Trinajstić information content (AvgIpc) is 3.32. The minimum absolute atomic E-state index is 0.388. The van der Waals surface area contributed by atoms with Crippen LogP contribution in [0.3, 0.4) is 0 Å². The number of alkyl halides is 6. The molecule has 0 unspecified atom stereocenters. The van der Waals surface area contributed by atoms with Crippen LogP contribution in [0, 0.1) is 0 Å². The number of carbonyl (C=O) groups is 2. The van der Waals surface area contributed by atoms with Crippen molar-refractivity contribution in [1.82, 2.24) is 9.88 Å². The summed E-state index contributed by atoms with van der Waals surface area (Å²) in [5.74, 6) is -4.58. The maximum atomic E-state index is 10.6. The van der Waals surface area contributed by atoms with Crippen LogP contribution >= 0.6 is 0 Å². The highest BCUT2D eigenvalue weighted by molar-refractivity contribution is 5.73. The Morgan fingerprint density at radius 1 is 0.884 bits per heavy atom. The number of likely N-dealkylation sites (tertiary alicyclic amines) is 1. The fourth-order valence-electron chi connectivity index (χ4n) is 5.19. The smallest absolute Gasteiger partial charge is 0.490 e. The largest absolute Gasteiger partial charge is 0.497 e. The Balaban J connectivity index is 0.000000303. The Hall–Kier alpha value is -4.13. The quantitative estimate of drug-likeness (QED) is 0.325. The molecule has 2 N–H and O–H groups in total. The van der Waals surface area contributed by atoms with Crippen LogP contribution in [-0.2, 0) is 28.0 Å². The lowest BCUT2D eigenvalue weighted by Crippen LogP contribution is -2.41. The number of aryl methyl sites for hydroxylation is 1. The van der Waals surface area contributed by atoms with Crippen molar-refractivity contribution >= 4 is 11.9 Å². The van der Waals surface area contributed by atoms with Crippen molar-refractivity contribution in [3.63, 3.8) is 0 Å². The minimum Gasteiger partial charge on any atom is -0.497 e. The number of nitrogens with zero attached hydrogens (tertiary/aromatic N) is 2. The molecule has 1 aliphatic carbocycles. The van der Waals surface area contributed by atoms with Crippen molar-refractivity contribution < 1.29 is 50.9 Å². The molecule has 0 radical (unpaired) electrons. The molecule has 1 aliphatic heterocycles. The van der Waals surface area contributed by atoms with E-state index in [-0.39, 0.29) is 0 Å². The van der Waals surface area contributed by atoms with Crippen molar-refractivity contribution in [1.29, 1.82) is 0 Å². The van der Waals surface area contributed by atoms with Crippen LogP contribution < -0.4 is 4.74 Å². The molecule has 232 valence electrons. The van der Waals surface area contributed by atoms with Gasteiger partial charge in [0.2, 0.25) is 0 Å². The summed E-state index contributed by atoms with van der Waals surface area (Å²) < 4.78 is 68.7. The minimum atomic E-state index is -5.08. The van der Waals surface area contributed by atoms with Crippen LogP contribution in [0.1, 0.15) is 36.0 Å². The van der Waals surface area contributed by atoms with Gasteiger partial charge in [-0.3, -0.25) is 9.88 Å². The fourth-order valence-corrected chi connectivity index (χ4v) is 5.19. The van der Waals surface area contributed by atoms with Gasteiger partial charge in [0.25, 0.3) is 0 Å². The zero-order valence-electron chi connectivity index (χ0n) is 23.1. The molecule has 1 fully saturated rings. The molecule has 2 aliphatic rings. The third-order valence-corrected chi connectivity index (χ3v) is 7.41. The highest BCUT2D eigenvalue weighted by Gasteiger charge is 2.41. The molecule has 13 heteroatoms. The highest BCUT2D eigenvalue weighted by Crippen LogP contribution is 2.47.